The molecule has 1 N–H and O–H groups in total. The molecule has 1 aliphatic heterocycles. The molecule has 0 radical (unpaired) electrons. The molecule has 4 atom stereocenters. The Labute approximate surface area is 211 Å². The highest BCUT2D eigenvalue weighted by Gasteiger charge is 2.48. The van der Waals surface area contributed by atoms with Crippen LogP contribution < -0.4 is 5.49 Å². The summed E-state index contributed by atoms with van der Waals surface area (Å²) in [7, 11) is 0. The van der Waals surface area contributed by atoms with Crippen molar-refractivity contribution in [2.24, 2.45) is 0 Å². The number of hydrogen-bond donors (Lipinski definition) is 1. The van der Waals surface area contributed by atoms with E-state index < -0.39 is 42.4 Å². The Kier molecular flexibility index (Phi) is 7.32. The Balaban J connectivity index is 1.97. The molecule has 4 unspecified atom stereocenters. The first-order chi connectivity index (χ1) is 17.2. The van der Waals surface area contributed by atoms with Crippen molar-refractivity contribution >= 4 is 41.0 Å². The van der Waals surface area contributed by atoms with E-state index >= 15 is 0 Å². The molecule has 1 saturated heterocycles. The second-order valence-electron chi connectivity index (χ2n) is 8.21. The van der Waals surface area contributed by atoms with Crippen LogP contribution in [0.5, 0.6) is 0 Å². The van der Waals surface area contributed by atoms with E-state index in [0.29, 0.717) is 16.6 Å². The fourth-order valence-corrected chi connectivity index (χ4v) is 4.72. The van der Waals surface area contributed by atoms with Gasteiger partial charge in [0.05, 0.1) is 12.1 Å². The van der Waals surface area contributed by atoms with Gasteiger partial charge in [0, 0.05) is 31.8 Å². The second-order valence-corrected chi connectivity index (χ2v) is 8.57. The van der Waals surface area contributed by atoms with Gasteiger partial charge in [-0.3, -0.25) is 28.9 Å². The Bertz CT molecular complexity index is 1430. The Morgan fingerprint density at radius 1 is 0.889 bits per heavy atom. The van der Waals surface area contributed by atoms with E-state index in [-0.39, 0.29) is 16.9 Å². The molecule has 3 aromatic rings. The molecule has 4 rings (SSSR count). The normalized spacial score (nSPS) is 21.5. The summed E-state index contributed by atoms with van der Waals surface area (Å²) in [6, 6.07) is 16.3. The third-order valence-electron chi connectivity index (χ3n) is 5.63. The number of hydrogen-bond acceptors (Lipinski definition) is 9. The minimum absolute atomic E-state index is 0.149. The number of nitrogens with one attached hydrogen (secondary N) is 1. The maximum Gasteiger partial charge on any atom is 0.303 e. The summed E-state index contributed by atoms with van der Waals surface area (Å²) < 4.78 is 25.9. The summed E-state index contributed by atoms with van der Waals surface area (Å²) in [6.45, 7) is 3.49. The molecule has 1 aromatic heterocycles. The van der Waals surface area contributed by atoms with Crippen LogP contribution in [-0.4, -0.2) is 52.0 Å². The van der Waals surface area contributed by atoms with Crippen LogP contribution in [-0.2, 0) is 33.3 Å². The molecular formula is C25H25N3O7S. The van der Waals surface area contributed by atoms with Crippen molar-refractivity contribution in [3.8, 4) is 5.69 Å². The van der Waals surface area contributed by atoms with Gasteiger partial charge in [-0.25, -0.2) is 0 Å². The molecule has 0 aliphatic carbocycles. The average molecular weight is 512 g/mol. The molecule has 10 nitrogen and oxygen atoms in total. The molecule has 2 heterocycles. The Morgan fingerprint density at radius 2 is 1.47 bits per heavy atom. The third-order valence-corrected chi connectivity index (χ3v) is 6.01. The number of benzene rings is 2. The number of carbonyl (C=O) groups excluding carboxylic acids is 3. The van der Waals surface area contributed by atoms with Gasteiger partial charge in [-0.1, -0.05) is 30.3 Å². The fourth-order valence-electron chi connectivity index (χ4n) is 4.32. The number of ether oxygens (including phenoxy) is 4. The van der Waals surface area contributed by atoms with Crippen molar-refractivity contribution in [1.82, 2.24) is 9.13 Å². The summed E-state index contributed by atoms with van der Waals surface area (Å²) in [6.07, 6.45) is -4.43. The van der Waals surface area contributed by atoms with Crippen molar-refractivity contribution in [3.05, 3.63) is 64.9 Å². The van der Waals surface area contributed by atoms with Crippen LogP contribution in [0.25, 0.3) is 16.6 Å². The zero-order valence-electron chi connectivity index (χ0n) is 19.9. The molecule has 0 amide bonds. The van der Waals surface area contributed by atoms with Crippen LogP contribution >= 0.6 is 12.2 Å². The van der Waals surface area contributed by atoms with Crippen LogP contribution in [0.1, 0.15) is 27.0 Å². The molecule has 188 valence electrons. The number of nitrogens with zero attached hydrogens (tertiary/aromatic N) is 2. The summed E-state index contributed by atoms with van der Waals surface area (Å²) >= 11 is 5.85. The van der Waals surface area contributed by atoms with Gasteiger partial charge in [0.15, 0.2) is 29.3 Å². The van der Waals surface area contributed by atoms with Crippen LogP contribution in [0.3, 0.4) is 0 Å². The van der Waals surface area contributed by atoms with E-state index in [4.69, 9.17) is 36.6 Å². The van der Waals surface area contributed by atoms with Crippen LogP contribution in [0.2, 0.25) is 0 Å². The predicted molar refractivity (Wildman–Crippen MR) is 130 cm³/mol. The Hall–Kier alpha value is -3.83. The minimum atomic E-state index is -1.21. The van der Waals surface area contributed by atoms with Gasteiger partial charge in [-0.15, -0.1) is 0 Å². The van der Waals surface area contributed by atoms with Gasteiger partial charge in [-0.2, -0.15) is 0 Å². The number of fused-ring (bicyclic) bond motifs is 1. The van der Waals surface area contributed by atoms with Gasteiger partial charge in [0.2, 0.25) is 0 Å². The van der Waals surface area contributed by atoms with Crippen LogP contribution in [0.4, 0.5) is 0 Å². The molecular weight excluding hydrogens is 486 g/mol. The van der Waals surface area contributed by atoms with E-state index in [2.05, 4.69) is 0 Å². The van der Waals surface area contributed by atoms with E-state index in [1.54, 1.807) is 33.4 Å². The first-order valence-corrected chi connectivity index (χ1v) is 11.6. The highest BCUT2D eigenvalue weighted by atomic mass is 32.1. The van der Waals surface area contributed by atoms with Crippen LogP contribution in [0.15, 0.2) is 54.6 Å². The fraction of sp³-hybridized carbons (Fsp3) is 0.320. The van der Waals surface area contributed by atoms with Gasteiger partial charge in [-0.05, 0) is 36.5 Å². The number of carbonyl (C=O) groups is 3. The second kappa shape index (κ2) is 10.4. The number of rotatable bonds is 5. The summed E-state index contributed by atoms with van der Waals surface area (Å²) in [4.78, 5) is 35.8. The van der Waals surface area contributed by atoms with E-state index in [1.807, 2.05) is 30.3 Å². The first kappa shape index (κ1) is 25.3. The molecule has 0 spiro atoms. The highest BCUT2D eigenvalue weighted by Crippen LogP contribution is 2.33. The number of aromatic nitrogens is 2. The molecule has 2 aromatic carbocycles. The Morgan fingerprint density at radius 3 is 2.11 bits per heavy atom. The molecule has 1 fully saturated rings. The average Bonchev–Trinajstić information content (AvgIpc) is 2.82. The predicted octanol–water partition coefficient (Wildman–Crippen LogP) is 2.96. The van der Waals surface area contributed by atoms with Gasteiger partial charge in [0.1, 0.15) is 5.49 Å². The molecule has 1 aliphatic rings. The monoisotopic (exact) mass is 511 g/mol. The number of para-hydroxylation sites is 2. The topological polar surface area (TPSA) is 122 Å². The van der Waals surface area contributed by atoms with Crippen molar-refractivity contribution in [2.75, 3.05) is 6.61 Å². The third kappa shape index (κ3) is 4.93. The van der Waals surface area contributed by atoms with E-state index in [0.717, 1.165) is 0 Å². The van der Waals surface area contributed by atoms with E-state index in [9.17, 15) is 14.4 Å². The summed E-state index contributed by atoms with van der Waals surface area (Å²) in [5.41, 5.74) is 1.36. The lowest BCUT2D eigenvalue weighted by atomic mass is 10.0. The largest absolute Gasteiger partial charge is 0.456 e. The molecule has 11 heteroatoms. The molecule has 0 saturated carbocycles. The highest BCUT2D eigenvalue weighted by molar-refractivity contribution is 7.71. The quantitative estimate of drug-likeness (QED) is 0.315. The zero-order valence-corrected chi connectivity index (χ0v) is 20.7. The van der Waals surface area contributed by atoms with Gasteiger partial charge >= 0.3 is 17.9 Å². The van der Waals surface area contributed by atoms with Crippen molar-refractivity contribution in [3.63, 3.8) is 0 Å². The lowest BCUT2D eigenvalue weighted by molar-refractivity contribution is -0.239. The summed E-state index contributed by atoms with van der Waals surface area (Å²) in [5.74, 6) is -1.91. The SMILES string of the molecule is CC(=O)OC1COC(n2c(=S)n(-c3ccccc3)c(=N)c3ccccc32)C(OC(C)=O)C1OC(C)=O. The van der Waals surface area contributed by atoms with E-state index in [1.165, 1.54) is 20.8 Å². The minimum Gasteiger partial charge on any atom is -0.456 e. The lowest BCUT2D eigenvalue weighted by Gasteiger charge is -2.41. The lowest BCUT2D eigenvalue weighted by Crippen LogP contribution is -2.55. The van der Waals surface area contributed by atoms with Crippen molar-refractivity contribution in [2.45, 2.75) is 45.3 Å². The first-order valence-electron chi connectivity index (χ1n) is 11.2. The number of esters is 3. The van der Waals surface area contributed by atoms with Crippen LogP contribution in [0, 0.1) is 10.2 Å². The molecule has 0 bridgehead atoms. The zero-order chi connectivity index (χ0) is 26.0. The standard InChI is InChI=1S/C25H25N3O7S/c1-14(29)33-20-13-32-24(22(35-16(3)31)21(20)34-15(2)30)28-19-12-8-7-11-18(19)23(26)27(25(28)36)17-9-5-4-6-10-17/h4-12,20-22,24,26H,13H2,1-3H3. The van der Waals surface area contributed by atoms with Gasteiger partial charge < -0.3 is 18.9 Å². The smallest absolute Gasteiger partial charge is 0.303 e. The van der Waals surface area contributed by atoms with Crippen molar-refractivity contribution < 1.29 is 33.3 Å². The maximum absolute atomic E-state index is 12.1. The maximum atomic E-state index is 12.1. The van der Waals surface area contributed by atoms with Gasteiger partial charge in [0.25, 0.3) is 0 Å². The summed E-state index contributed by atoms with van der Waals surface area (Å²) in [5, 5.41) is 9.42. The molecule has 36 heavy (non-hydrogen) atoms. The van der Waals surface area contributed by atoms with Crippen molar-refractivity contribution in [1.29, 1.82) is 5.41 Å².